The van der Waals surface area contributed by atoms with Crippen LogP contribution in [0.15, 0.2) is 41.0 Å². The van der Waals surface area contributed by atoms with Gasteiger partial charge >= 0.3 is 0 Å². The molecule has 8 heteroatoms. The number of hydrogen-bond donors (Lipinski definition) is 2. The van der Waals surface area contributed by atoms with Crippen molar-refractivity contribution in [3.8, 4) is 11.4 Å². The summed E-state index contributed by atoms with van der Waals surface area (Å²) in [5.74, 6) is 0.788. The van der Waals surface area contributed by atoms with Crippen LogP contribution in [0.4, 0.5) is 0 Å². The monoisotopic (exact) mass is 417 g/mol. The van der Waals surface area contributed by atoms with Crippen molar-refractivity contribution in [2.75, 3.05) is 7.11 Å². The highest BCUT2D eigenvalue weighted by Crippen LogP contribution is 2.25. The Labute approximate surface area is 159 Å². The van der Waals surface area contributed by atoms with Crippen molar-refractivity contribution in [1.29, 1.82) is 0 Å². The fourth-order valence-electron chi connectivity index (χ4n) is 2.46. The van der Waals surface area contributed by atoms with Gasteiger partial charge in [-0.1, -0.05) is 13.8 Å². The van der Waals surface area contributed by atoms with Gasteiger partial charge in [0.15, 0.2) is 5.69 Å². The van der Waals surface area contributed by atoms with Gasteiger partial charge in [-0.05, 0) is 52.2 Å². The zero-order chi connectivity index (χ0) is 18.7. The lowest BCUT2D eigenvalue weighted by molar-refractivity contribution is 0.0944. The van der Waals surface area contributed by atoms with Gasteiger partial charge in [0, 0.05) is 6.20 Å². The Morgan fingerprint density at radius 1 is 1.31 bits per heavy atom. The molecule has 0 spiro atoms. The molecule has 2 aromatic heterocycles. The molecule has 136 valence electrons. The van der Waals surface area contributed by atoms with Crippen LogP contribution >= 0.6 is 15.9 Å². The number of H-pyrrole nitrogens is 1. The molecule has 0 atom stereocenters. The Bertz CT molecular complexity index is 899. The predicted molar refractivity (Wildman–Crippen MR) is 102 cm³/mol. The number of methoxy groups -OCH3 is 1. The van der Waals surface area contributed by atoms with E-state index in [0.29, 0.717) is 16.7 Å². The summed E-state index contributed by atoms with van der Waals surface area (Å²) in [6, 6.07) is 9.45. The van der Waals surface area contributed by atoms with E-state index in [0.717, 1.165) is 22.8 Å². The maximum absolute atomic E-state index is 12.4. The molecule has 0 saturated carbocycles. The second-order valence-corrected chi connectivity index (χ2v) is 6.88. The molecule has 3 rings (SSSR count). The highest BCUT2D eigenvalue weighted by Gasteiger charge is 2.19. The number of aromatic amines is 1. The Morgan fingerprint density at radius 3 is 2.65 bits per heavy atom. The molecule has 2 heterocycles. The summed E-state index contributed by atoms with van der Waals surface area (Å²) >= 11 is 3.44. The van der Waals surface area contributed by atoms with Gasteiger partial charge in [0.05, 0.1) is 35.2 Å². The first-order chi connectivity index (χ1) is 12.5. The molecule has 26 heavy (non-hydrogen) atoms. The molecular formula is C18H20BrN5O2. The molecule has 0 unspecified atom stereocenters. The number of amides is 1. The van der Waals surface area contributed by atoms with Crippen LogP contribution in [0.3, 0.4) is 0 Å². The van der Waals surface area contributed by atoms with Crippen LogP contribution in [0.25, 0.3) is 5.69 Å². The molecule has 1 amide bonds. The zero-order valence-electron chi connectivity index (χ0n) is 14.8. The predicted octanol–water partition coefficient (Wildman–Crippen LogP) is 3.42. The third kappa shape index (κ3) is 3.80. The van der Waals surface area contributed by atoms with Crippen molar-refractivity contribution in [3.05, 3.63) is 58.1 Å². The first-order valence-electron chi connectivity index (χ1n) is 8.20. The molecule has 0 aliphatic heterocycles. The van der Waals surface area contributed by atoms with E-state index in [1.165, 1.54) is 0 Å². The lowest BCUT2D eigenvalue weighted by atomic mass is 10.1. The summed E-state index contributed by atoms with van der Waals surface area (Å²) in [4.78, 5) is 12.4. The quantitative estimate of drug-likeness (QED) is 0.643. The normalized spacial score (nSPS) is 11.0. The molecule has 3 aromatic rings. The Balaban J connectivity index is 1.65. The minimum atomic E-state index is -0.251. The highest BCUT2D eigenvalue weighted by molar-refractivity contribution is 9.10. The number of nitrogens with one attached hydrogen (secondary N) is 2. The SMILES string of the molecule is COc1ccc(-n2ccc(CNC(=O)c3n[nH]c(C(C)C)c3Br)n2)cc1. The maximum Gasteiger partial charge on any atom is 0.273 e. The van der Waals surface area contributed by atoms with Gasteiger partial charge in [0.1, 0.15) is 5.75 Å². The fraction of sp³-hybridized carbons (Fsp3) is 0.278. The van der Waals surface area contributed by atoms with Gasteiger partial charge in [-0.15, -0.1) is 0 Å². The first kappa shape index (κ1) is 18.2. The van der Waals surface area contributed by atoms with Crippen molar-refractivity contribution < 1.29 is 9.53 Å². The van der Waals surface area contributed by atoms with Crippen molar-refractivity contribution in [2.45, 2.75) is 26.3 Å². The number of nitrogens with zero attached hydrogens (tertiary/aromatic N) is 3. The maximum atomic E-state index is 12.4. The van der Waals surface area contributed by atoms with E-state index in [1.807, 2.05) is 50.4 Å². The van der Waals surface area contributed by atoms with Crippen LogP contribution in [-0.2, 0) is 6.54 Å². The molecule has 0 aliphatic rings. The van der Waals surface area contributed by atoms with Gasteiger partial charge < -0.3 is 10.1 Å². The van der Waals surface area contributed by atoms with E-state index >= 15 is 0 Å². The van der Waals surface area contributed by atoms with Crippen LogP contribution in [0, 0.1) is 0 Å². The molecule has 1 aromatic carbocycles. The first-order valence-corrected chi connectivity index (χ1v) is 8.99. The Kier molecular flexibility index (Phi) is 5.41. The number of carbonyl (C=O) groups excluding carboxylic acids is 1. The fourth-order valence-corrected chi connectivity index (χ4v) is 3.28. The molecule has 2 N–H and O–H groups in total. The van der Waals surface area contributed by atoms with Gasteiger partial charge in [-0.25, -0.2) is 4.68 Å². The van der Waals surface area contributed by atoms with E-state index in [1.54, 1.807) is 11.8 Å². The van der Waals surface area contributed by atoms with Gasteiger partial charge in [-0.3, -0.25) is 9.89 Å². The smallest absolute Gasteiger partial charge is 0.273 e. The Morgan fingerprint density at radius 2 is 2.04 bits per heavy atom. The number of benzene rings is 1. The number of rotatable bonds is 6. The second kappa shape index (κ2) is 7.74. The van der Waals surface area contributed by atoms with Crippen LogP contribution in [0.1, 0.15) is 41.6 Å². The van der Waals surface area contributed by atoms with E-state index in [9.17, 15) is 4.79 Å². The van der Waals surface area contributed by atoms with Crippen molar-refractivity contribution in [1.82, 2.24) is 25.3 Å². The molecular weight excluding hydrogens is 398 g/mol. The standard InChI is InChI=1S/C18H20BrN5O2/c1-11(2)16-15(19)17(22-21-16)18(25)20-10-12-8-9-24(23-12)13-4-6-14(26-3)7-5-13/h4-9,11H,10H2,1-3H3,(H,20,25)(H,21,22). The zero-order valence-corrected chi connectivity index (χ0v) is 16.4. The highest BCUT2D eigenvalue weighted by atomic mass is 79.9. The topological polar surface area (TPSA) is 84.8 Å². The third-order valence-corrected chi connectivity index (χ3v) is 4.74. The van der Waals surface area contributed by atoms with Crippen LogP contribution in [-0.4, -0.2) is 33.0 Å². The minimum Gasteiger partial charge on any atom is -0.497 e. The van der Waals surface area contributed by atoms with Crippen LogP contribution in [0.2, 0.25) is 0 Å². The van der Waals surface area contributed by atoms with E-state index < -0.39 is 0 Å². The number of halogens is 1. The minimum absolute atomic E-state index is 0.249. The average Bonchev–Trinajstić information content (AvgIpc) is 3.26. The molecule has 0 bridgehead atoms. The van der Waals surface area contributed by atoms with Gasteiger partial charge in [-0.2, -0.15) is 10.2 Å². The number of ether oxygens (including phenoxy) is 1. The largest absolute Gasteiger partial charge is 0.497 e. The van der Waals surface area contributed by atoms with E-state index in [2.05, 4.69) is 36.5 Å². The number of carbonyl (C=O) groups is 1. The second-order valence-electron chi connectivity index (χ2n) is 6.09. The average molecular weight is 418 g/mol. The molecule has 0 aliphatic carbocycles. The third-order valence-electron chi connectivity index (χ3n) is 3.94. The Hall–Kier alpha value is -2.61. The van der Waals surface area contributed by atoms with Crippen molar-refractivity contribution in [3.63, 3.8) is 0 Å². The molecule has 0 fully saturated rings. The summed E-state index contributed by atoms with van der Waals surface area (Å²) in [6.07, 6.45) is 1.85. The summed E-state index contributed by atoms with van der Waals surface area (Å²) < 4.78 is 7.61. The van der Waals surface area contributed by atoms with Crippen molar-refractivity contribution >= 4 is 21.8 Å². The summed E-state index contributed by atoms with van der Waals surface area (Å²) in [5.41, 5.74) is 2.92. The summed E-state index contributed by atoms with van der Waals surface area (Å²) in [5, 5.41) is 14.3. The van der Waals surface area contributed by atoms with Crippen molar-refractivity contribution in [2.24, 2.45) is 0 Å². The van der Waals surface area contributed by atoms with E-state index in [-0.39, 0.29) is 11.8 Å². The lowest BCUT2D eigenvalue weighted by Gasteiger charge is -2.04. The molecule has 7 nitrogen and oxygen atoms in total. The van der Waals surface area contributed by atoms with Crippen LogP contribution < -0.4 is 10.1 Å². The van der Waals surface area contributed by atoms with E-state index in [4.69, 9.17) is 4.74 Å². The molecule has 0 radical (unpaired) electrons. The number of hydrogen-bond acceptors (Lipinski definition) is 4. The number of aromatic nitrogens is 4. The van der Waals surface area contributed by atoms with Gasteiger partial charge in [0.2, 0.25) is 0 Å². The van der Waals surface area contributed by atoms with Gasteiger partial charge in [0.25, 0.3) is 5.91 Å². The summed E-state index contributed by atoms with van der Waals surface area (Å²) in [6.45, 7) is 4.38. The van der Waals surface area contributed by atoms with Crippen LogP contribution in [0.5, 0.6) is 5.75 Å². The summed E-state index contributed by atoms with van der Waals surface area (Å²) in [7, 11) is 1.63. The lowest BCUT2D eigenvalue weighted by Crippen LogP contribution is -2.24. The molecule has 0 saturated heterocycles.